The van der Waals surface area contributed by atoms with Crippen LogP contribution in [-0.4, -0.2) is 22.9 Å². The van der Waals surface area contributed by atoms with Crippen LogP contribution in [0.15, 0.2) is 23.3 Å². The van der Waals surface area contributed by atoms with E-state index in [0.29, 0.717) is 17.6 Å². The molecule has 0 atom stereocenters. The molecule has 0 unspecified atom stereocenters. The molecule has 0 saturated carbocycles. The van der Waals surface area contributed by atoms with Gasteiger partial charge in [-0.15, -0.1) is 0 Å². The van der Waals surface area contributed by atoms with E-state index in [2.05, 4.69) is 10.6 Å². The van der Waals surface area contributed by atoms with Crippen LogP contribution in [0.3, 0.4) is 0 Å². The Balaban J connectivity index is 2.90. The van der Waals surface area contributed by atoms with Crippen LogP contribution in [0.4, 0.5) is 0 Å². The second kappa shape index (κ2) is 5.19. The van der Waals surface area contributed by atoms with Crippen molar-refractivity contribution >= 4 is 11.8 Å². The van der Waals surface area contributed by atoms with Gasteiger partial charge in [0.05, 0.1) is 0 Å². The first-order valence-corrected chi connectivity index (χ1v) is 6.54. The third-order valence-electron chi connectivity index (χ3n) is 2.43. The number of amides is 2. The number of rotatable bonds is 2. The summed E-state index contributed by atoms with van der Waals surface area (Å²) in [6, 6.07) is 0. The van der Waals surface area contributed by atoms with E-state index in [0.717, 1.165) is 0 Å². The minimum absolute atomic E-state index is 0.170. The largest absolute Gasteiger partial charge is 0.348 e. The number of hydrogen-bond donors (Lipinski definition) is 2. The standard InChI is InChI=1S/C15H24N2O2/c1-14(2,3)16-12(18)10-8-7-9-11(10)13(19)17-15(4,5)6/h7-8H,9H2,1-6H3,(H,16,18)(H,17,19). The van der Waals surface area contributed by atoms with Gasteiger partial charge in [-0.2, -0.15) is 0 Å². The van der Waals surface area contributed by atoms with Gasteiger partial charge in [0, 0.05) is 22.2 Å². The highest BCUT2D eigenvalue weighted by molar-refractivity contribution is 6.08. The van der Waals surface area contributed by atoms with E-state index in [9.17, 15) is 9.59 Å². The zero-order valence-electron chi connectivity index (χ0n) is 12.7. The number of hydrogen-bond acceptors (Lipinski definition) is 2. The van der Waals surface area contributed by atoms with Crippen molar-refractivity contribution in [3.05, 3.63) is 23.3 Å². The zero-order chi connectivity index (χ0) is 14.8. The second-order valence-electron chi connectivity index (χ2n) is 6.91. The normalized spacial score (nSPS) is 15.7. The van der Waals surface area contributed by atoms with Gasteiger partial charge in [0.15, 0.2) is 0 Å². The third kappa shape index (κ3) is 4.89. The Hall–Kier alpha value is -1.58. The van der Waals surface area contributed by atoms with E-state index in [4.69, 9.17) is 0 Å². The Bertz CT molecular complexity index is 446. The number of carbonyl (C=O) groups is 2. The summed E-state index contributed by atoms with van der Waals surface area (Å²) < 4.78 is 0. The Morgan fingerprint density at radius 2 is 1.42 bits per heavy atom. The fourth-order valence-electron chi connectivity index (χ4n) is 1.76. The molecule has 0 saturated heterocycles. The summed E-state index contributed by atoms with van der Waals surface area (Å²) in [7, 11) is 0. The van der Waals surface area contributed by atoms with Gasteiger partial charge >= 0.3 is 0 Å². The molecule has 2 N–H and O–H groups in total. The topological polar surface area (TPSA) is 58.2 Å². The predicted octanol–water partition coefficient (Wildman–Crippen LogP) is 2.07. The summed E-state index contributed by atoms with van der Waals surface area (Å²) in [5, 5.41) is 5.77. The van der Waals surface area contributed by atoms with Gasteiger partial charge in [-0.25, -0.2) is 0 Å². The van der Waals surface area contributed by atoms with Crippen molar-refractivity contribution < 1.29 is 9.59 Å². The molecule has 0 aromatic heterocycles. The molecule has 0 aliphatic heterocycles. The highest BCUT2D eigenvalue weighted by Crippen LogP contribution is 2.21. The number of allylic oxidation sites excluding steroid dienone is 1. The average Bonchev–Trinajstić information content (AvgIpc) is 2.59. The maximum atomic E-state index is 12.2. The summed E-state index contributed by atoms with van der Waals surface area (Å²) in [5.41, 5.74) is 0.387. The first-order valence-electron chi connectivity index (χ1n) is 6.54. The Morgan fingerprint density at radius 1 is 0.947 bits per heavy atom. The summed E-state index contributed by atoms with van der Waals surface area (Å²) in [4.78, 5) is 24.3. The average molecular weight is 264 g/mol. The van der Waals surface area contributed by atoms with Gasteiger partial charge < -0.3 is 10.6 Å². The van der Waals surface area contributed by atoms with Crippen LogP contribution >= 0.6 is 0 Å². The minimum atomic E-state index is -0.313. The minimum Gasteiger partial charge on any atom is -0.348 e. The van der Waals surface area contributed by atoms with Crippen LogP contribution in [0.5, 0.6) is 0 Å². The van der Waals surface area contributed by atoms with Crippen LogP contribution < -0.4 is 10.6 Å². The number of nitrogens with one attached hydrogen (secondary N) is 2. The second-order valence-corrected chi connectivity index (χ2v) is 6.91. The van der Waals surface area contributed by atoms with Crippen LogP contribution in [0, 0.1) is 0 Å². The molecule has 0 heterocycles. The third-order valence-corrected chi connectivity index (χ3v) is 2.43. The molecule has 19 heavy (non-hydrogen) atoms. The first-order chi connectivity index (χ1) is 8.49. The summed E-state index contributed by atoms with van der Waals surface area (Å²) in [6.07, 6.45) is 4.07. The van der Waals surface area contributed by atoms with Crippen LogP contribution in [0.1, 0.15) is 48.0 Å². The lowest BCUT2D eigenvalue weighted by Gasteiger charge is -2.23. The Morgan fingerprint density at radius 3 is 1.89 bits per heavy atom. The monoisotopic (exact) mass is 264 g/mol. The van der Waals surface area contributed by atoms with Crippen molar-refractivity contribution in [1.29, 1.82) is 0 Å². The van der Waals surface area contributed by atoms with E-state index in [-0.39, 0.29) is 22.9 Å². The van der Waals surface area contributed by atoms with Crippen LogP contribution in [0.2, 0.25) is 0 Å². The van der Waals surface area contributed by atoms with E-state index >= 15 is 0 Å². The lowest BCUT2D eigenvalue weighted by Crippen LogP contribution is -2.43. The highest BCUT2D eigenvalue weighted by atomic mass is 16.2. The van der Waals surface area contributed by atoms with Gasteiger partial charge in [-0.05, 0) is 48.0 Å². The first kappa shape index (κ1) is 15.5. The molecule has 2 amide bonds. The summed E-state index contributed by atoms with van der Waals surface area (Å²) in [5.74, 6) is -0.364. The maximum absolute atomic E-state index is 12.2. The summed E-state index contributed by atoms with van der Waals surface area (Å²) in [6.45, 7) is 11.5. The van der Waals surface area contributed by atoms with Gasteiger partial charge in [-0.1, -0.05) is 12.2 Å². The molecule has 0 aromatic carbocycles. The molecular formula is C15H24N2O2. The molecule has 0 bridgehead atoms. The molecule has 4 nitrogen and oxygen atoms in total. The molecule has 4 heteroatoms. The molecule has 0 radical (unpaired) electrons. The van der Waals surface area contributed by atoms with Crippen molar-refractivity contribution in [2.45, 2.75) is 59.0 Å². The fourth-order valence-corrected chi connectivity index (χ4v) is 1.76. The fraction of sp³-hybridized carbons (Fsp3) is 0.600. The maximum Gasteiger partial charge on any atom is 0.252 e. The quantitative estimate of drug-likeness (QED) is 0.802. The molecule has 106 valence electrons. The van der Waals surface area contributed by atoms with Crippen molar-refractivity contribution in [3.8, 4) is 0 Å². The van der Waals surface area contributed by atoms with E-state index in [1.165, 1.54) is 0 Å². The smallest absolute Gasteiger partial charge is 0.252 e. The van der Waals surface area contributed by atoms with E-state index in [1.54, 1.807) is 6.08 Å². The van der Waals surface area contributed by atoms with Gasteiger partial charge in [0.25, 0.3) is 5.91 Å². The van der Waals surface area contributed by atoms with Crippen LogP contribution in [-0.2, 0) is 9.59 Å². The zero-order valence-corrected chi connectivity index (χ0v) is 12.7. The summed E-state index contributed by atoms with van der Waals surface area (Å²) >= 11 is 0. The molecule has 1 rings (SSSR count). The van der Waals surface area contributed by atoms with Crippen molar-refractivity contribution in [3.63, 3.8) is 0 Å². The van der Waals surface area contributed by atoms with E-state index < -0.39 is 0 Å². The van der Waals surface area contributed by atoms with E-state index in [1.807, 2.05) is 47.6 Å². The van der Waals surface area contributed by atoms with Crippen molar-refractivity contribution in [2.75, 3.05) is 0 Å². The molecule has 0 aromatic rings. The lowest BCUT2D eigenvalue weighted by atomic mass is 10.0. The van der Waals surface area contributed by atoms with Crippen LogP contribution in [0.25, 0.3) is 0 Å². The van der Waals surface area contributed by atoms with Gasteiger partial charge in [-0.3, -0.25) is 9.59 Å². The molecule has 1 aliphatic carbocycles. The molecule has 1 aliphatic rings. The number of carbonyl (C=O) groups excluding carboxylic acids is 2. The SMILES string of the molecule is CC(C)(C)NC(=O)C1=C(C(=O)NC(C)(C)C)CC=C1. The predicted molar refractivity (Wildman–Crippen MR) is 76.6 cm³/mol. The lowest BCUT2D eigenvalue weighted by molar-refractivity contribution is -0.121. The molecular weight excluding hydrogens is 240 g/mol. The molecule has 0 fully saturated rings. The van der Waals surface area contributed by atoms with Gasteiger partial charge in [0.1, 0.15) is 0 Å². The highest BCUT2D eigenvalue weighted by Gasteiger charge is 2.26. The van der Waals surface area contributed by atoms with Crippen molar-refractivity contribution in [2.24, 2.45) is 0 Å². The van der Waals surface area contributed by atoms with Gasteiger partial charge in [0.2, 0.25) is 5.91 Å². The van der Waals surface area contributed by atoms with Crippen molar-refractivity contribution in [1.82, 2.24) is 10.6 Å². The molecule has 0 spiro atoms. The Kier molecular flexibility index (Phi) is 4.23. The Labute approximate surface area is 115 Å².